The van der Waals surface area contributed by atoms with E-state index in [0.29, 0.717) is 30.8 Å². The minimum atomic E-state index is -3.85. The fourth-order valence-corrected chi connectivity index (χ4v) is 6.14. The highest BCUT2D eigenvalue weighted by Crippen LogP contribution is 2.28. The second-order valence-electron chi connectivity index (χ2n) is 7.10. The van der Waals surface area contributed by atoms with Crippen LogP contribution in [0, 0.1) is 11.3 Å². The molecule has 1 unspecified atom stereocenters. The fourth-order valence-electron chi connectivity index (χ4n) is 3.04. The monoisotopic (exact) mass is 457 g/mol. The molecule has 0 saturated carbocycles. The number of guanidine groups is 1. The number of rotatable bonds is 10. The van der Waals surface area contributed by atoms with Crippen LogP contribution in [0.25, 0.3) is 0 Å². The molecular formula is C19H27N3O6S2. The summed E-state index contributed by atoms with van der Waals surface area (Å²) in [7, 11) is -7.53. The first-order valence-electron chi connectivity index (χ1n) is 9.27. The van der Waals surface area contributed by atoms with Gasteiger partial charge in [0, 0.05) is 12.7 Å². The van der Waals surface area contributed by atoms with Crippen LogP contribution in [0.3, 0.4) is 0 Å². The molecule has 1 aromatic carbocycles. The number of sulfone groups is 2. The van der Waals surface area contributed by atoms with Crippen LogP contribution in [-0.4, -0.2) is 48.0 Å². The number of nitrogens with one attached hydrogen (secondary N) is 2. The highest BCUT2D eigenvalue weighted by molar-refractivity contribution is 7.94. The number of hydrogen-bond donors (Lipinski definition) is 3. The predicted octanol–water partition coefficient (Wildman–Crippen LogP) is 1.54. The lowest BCUT2D eigenvalue weighted by molar-refractivity contribution is 0.0667. The zero-order chi connectivity index (χ0) is 22.4. The van der Waals surface area contributed by atoms with Gasteiger partial charge in [-0.15, -0.1) is 0 Å². The normalized spacial score (nSPS) is 17.1. The Kier molecular flexibility index (Phi) is 8.04. The quantitative estimate of drug-likeness (QED) is 0.207. The highest BCUT2D eigenvalue weighted by Gasteiger charge is 2.26. The molecule has 9 nitrogen and oxygen atoms in total. The smallest absolute Gasteiger partial charge is 0.210 e. The average molecular weight is 458 g/mol. The third-order valence-corrected chi connectivity index (χ3v) is 7.24. The van der Waals surface area contributed by atoms with E-state index in [4.69, 9.17) is 20.7 Å². The fraction of sp³-hybridized carbons (Fsp3) is 0.421. The zero-order valence-electron chi connectivity index (χ0n) is 16.9. The molecule has 2 rings (SSSR count). The largest absolute Gasteiger partial charge is 0.494 e. The van der Waals surface area contributed by atoms with E-state index in [1.54, 1.807) is 6.08 Å². The number of hydroxylamine groups is 1. The lowest BCUT2D eigenvalue weighted by atomic mass is 9.96. The van der Waals surface area contributed by atoms with Crippen molar-refractivity contribution in [2.24, 2.45) is 11.7 Å². The van der Waals surface area contributed by atoms with Crippen molar-refractivity contribution in [3.63, 3.8) is 0 Å². The third kappa shape index (κ3) is 7.15. The molecule has 0 spiro atoms. The summed E-state index contributed by atoms with van der Waals surface area (Å²) in [6.45, 7) is 2.58. The molecule has 1 atom stereocenters. The van der Waals surface area contributed by atoms with E-state index in [2.05, 4.69) is 5.48 Å². The van der Waals surface area contributed by atoms with Gasteiger partial charge in [-0.2, -0.15) is 0 Å². The molecule has 1 aliphatic rings. The summed E-state index contributed by atoms with van der Waals surface area (Å²) in [5.74, 6) is 0.0766. The van der Waals surface area contributed by atoms with Crippen molar-refractivity contribution >= 4 is 25.6 Å². The summed E-state index contributed by atoms with van der Waals surface area (Å²) in [6, 6.07) is 5.64. The topological polar surface area (TPSA) is 149 Å². The SMILES string of the molecule is CC1C=C(OCCCONC(=N)N)C=C(CS(=O)(=O)c2ccccc2S(C)(=O)=O)C1. The summed E-state index contributed by atoms with van der Waals surface area (Å²) in [5.41, 5.74) is 7.97. The van der Waals surface area contributed by atoms with Crippen molar-refractivity contribution in [3.8, 4) is 0 Å². The van der Waals surface area contributed by atoms with Crippen molar-refractivity contribution in [1.29, 1.82) is 5.41 Å². The number of nitrogens with two attached hydrogens (primary N) is 1. The van der Waals surface area contributed by atoms with Crippen molar-refractivity contribution in [2.45, 2.75) is 29.6 Å². The van der Waals surface area contributed by atoms with Crippen LogP contribution in [0.5, 0.6) is 0 Å². The van der Waals surface area contributed by atoms with E-state index in [0.717, 1.165) is 6.26 Å². The lowest BCUT2D eigenvalue weighted by Crippen LogP contribution is -2.30. The van der Waals surface area contributed by atoms with Gasteiger partial charge in [-0.3, -0.25) is 10.2 Å². The highest BCUT2D eigenvalue weighted by atomic mass is 32.2. The molecule has 0 aromatic heterocycles. The Hall–Kier alpha value is -2.37. The Bertz CT molecular complexity index is 1050. The van der Waals surface area contributed by atoms with Gasteiger partial charge >= 0.3 is 0 Å². The van der Waals surface area contributed by atoms with E-state index in [-0.39, 0.29) is 34.0 Å². The van der Waals surface area contributed by atoms with Crippen molar-refractivity contribution in [2.75, 3.05) is 25.2 Å². The number of benzene rings is 1. The molecule has 30 heavy (non-hydrogen) atoms. The first-order chi connectivity index (χ1) is 14.0. The van der Waals surface area contributed by atoms with Gasteiger partial charge in [0.1, 0.15) is 5.76 Å². The van der Waals surface area contributed by atoms with Gasteiger partial charge < -0.3 is 10.5 Å². The van der Waals surface area contributed by atoms with Gasteiger partial charge in [-0.25, -0.2) is 22.3 Å². The standard InChI is InChI=1S/C19H27N3O6S2/c1-14-10-15(12-16(11-14)27-8-5-9-28-22-19(20)21)13-30(25,26)18-7-4-3-6-17(18)29(2,23)24/h3-4,6-7,11-12,14H,5,8-10,13H2,1-2H3,(H4,20,21,22). The van der Waals surface area contributed by atoms with Crippen LogP contribution >= 0.6 is 0 Å². The van der Waals surface area contributed by atoms with E-state index in [1.807, 2.05) is 13.0 Å². The summed E-state index contributed by atoms with van der Waals surface area (Å²) in [4.78, 5) is 4.56. The van der Waals surface area contributed by atoms with Crippen molar-refractivity contribution in [3.05, 3.63) is 47.7 Å². The van der Waals surface area contributed by atoms with Gasteiger partial charge in [0.25, 0.3) is 0 Å². The van der Waals surface area contributed by atoms with Crippen LogP contribution in [0.15, 0.2) is 57.5 Å². The molecule has 0 radical (unpaired) electrons. The Morgan fingerprint density at radius 2 is 1.87 bits per heavy atom. The van der Waals surface area contributed by atoms with E-state index in [9.17, 15) is 16.8 Å². The number of hydrogen-bond acceptors (Lipinski definition) is 7. The first-order valence-corrected chi connectivity index (χ1v) is 12.8. The molecule has 1 aliphatic carbocycles. The molecule has 0 bridgehead atoms. The number of ether oxygens (including phenoxy) is 1. The Morgan fingerprint density at radius 1 is 1.20 bits per heavy atom. The van der Waals surface area contributed by atoms with Crippen molar-refractivity contribution < 1.29 is 26.4 Å². The maximum absolute atomic E-state index is 13.0. The van der Waals surface area contributed by atoms with Gasteiger partial charge in [-0.05, 0) is 36.6 Å². The Labute approximate surface area is 177 Å². The van der Waals surface area contributed by atoms with Gasteiger partial charge in [-0.1, -0.05) is 24.6 Å². The number of allylic oxidation sites excluding steroid dienone is 2. The molecule has 11 heteroatoms. The summed E-state index contributed by atoms with van der Waals surface area (Å²) < 4.78 is 55.6. The maximum atomic E-state index is 13.0. The Morgan fingerprint density at radius 3 is 2.50 bits per heavy atom. The van der Waals surface area contributed by atoms with E-state index >= 15 is 0 Å². The molecule has 1 aromatic rings. The molecule has 0 aliphatic heterocycles. The Balaban J connectivity index is 2.07. The van der Waals surface area contributed by atoms with Gasteiger partial charge in [0.2, 0.25) is 5.96 Å². The van der Waals surface area contributed by atoms with Crippen molar-refractivity contribution in [1.82, 2.24) is 5.48 Å². The average Bonchev–Trinajstić information content (AvgIpc) is 2.63. The predicted molar refractivity (Wildman–Crippen MR) is 113 cm³/mol. The second kappa shape index (κ2) is 10.1. The van der Waals surface area contributed by atoms with Crippen LogP contribution in [0.1, 0.15) is 19.8 Å². The molecule has 0 saturated heterocycles. The minimum absolute atomic E-state index is 0.0796. The van der Waals surface area contributed by atoms with Crippen LogP contribution < -0.4 is 11.2 Å². The van der Waals surface area contributed by atoms with Gasteiger partial charge in [0.05, 0.1) is 28.8 Å². The first kappa shape index (κ1) is 23.9. The summed E-state index contributed by atoms with van der Waals surface area (Å²) in [5, 5.41) is 6.97. The molecular weight excluding hydrogens is 430 g/mol. The van der Waals surface area contributed by atoms with E-state index in [1.165, 1.54) is 24.3 Å². The summed E-state index contributed by atoms with van der Waals surface area (Å²) >= 11 is 0. The summed E-state index contributed by atoms with van der Waals surface area (Å²) in [6.07, 6.45) is 5.67. The van der Waals surface area contributed by atoms with Crippen LogP contribution in [0.2, 0.25) is 0 Å². The molecule has 4 N–H and O–H groups in total. The molecule has 166 valence electrons. The molecule has 0 amide bonds. The lowest BCUT2D eigenvalue weighted by Gasteiger charge is -2.20. The molecule has 0 heterocycles. The van der Waals surface area contributed by atoms with Gasteiger partial charge in [0.15, 0.2) is 19.7 Å². The van der Waals surface area contributed by atoms with E-state index < -0.39 is 19.7 Å². The zero-order valence-corrected chi connectivity index (χ0v) is 18.6. The maximum Gasteiger partial charge on any atom is 0.210 e. The van der Waals surface area contributed by atoms with Crippen LogP contribution in [0.4, 0.5) is 0 Å². The van der Waals surface area contributed by atoms with Crippen LogP contribution in [-0.2, 0) is 29.2 Å². The minimum Gasteiger partial charge on any atom is -0.494 e. The third-order valence-electron chi connectivity index (χ3n) is 4.18. The molecule has 0 fully saturated rings. The second-order valence-corrected chi connectivity index (χ2v) is 11.0.